The summed E-state index contributed by atoms with van der Waals surface area (Å²) in [6.07, 6.45) is 3.18. The van der Waals surface area contributed by atoms with Crippen molar-refractivity contribution >= 4 is 15.9 Å². The van der Waals surface area contributed by atoms with Gasteiger partial charge >= 0.3 is 0 Å². The van der Waals surface area contributed by atoms with Gasteiger partial charge in [-0.1, -0.05) is 42.5 Å². The van der Waals surface area contributed by atoms with Crippen LogP contribution < -0.4 is 5.32 Å². The Morgan fingerprint density at radius 2 is 1.68 bits per heavy atom. The molecule has 2 aromatic carbocycles. The van der Waals surface area contributed by atoms with Crippen molar-refractivity contribution < 1.29 is 17.9 Å². The Morgan fingerprint density at radius 1 is 1.00 bits per heavy atom. The predicted octanol–water partition coefficient (Wildman–Crippen LogP) is 1.96. The molecule has 3 aromatic rings. The Balaban J connectivity index is 1.42. The summed E-state index contributed by atoms with van der Waals surface area (Å²) in [6.45, 7) is 1.78. The average molecular weight is 441 g/mol. The zero-order valence-electron chi connectivity index (χ0n) is 17.0. The molecule has 1 aliphatic rings. The van der Waals surface area contributed by atoms with E-state index >= 15 is 0 Å². The Hall–Kier alpha value is -3.01. The number of sulfonamides is 1. The molecular weight excluding hydrogens is 416 g/mol. The summed E-state index contributed by atoms with van der Waals surface area (Å²) in [6, 6.07) is 16.8. The quantitative estimate of drug-likeness (QED) is 0.606. The average Bonchev–Trinajstić information content (AvgIpc) is 3.30. The van der Waals surface area contributed by atoms with E-state index in [-0.39, 0.29) is 18.2 Å². The normalized spacial score (nSPS) is 15.0. The summed E-state index contributed by atoms with van der Waals surface area (Å²) in [5, 5.41) is 7.11. The van der Waals surface area contributed by atoms with Crippen molar-refractivity contribution in [3.63, 3.8) is 0 Å². The predicted molar refractivity (Wildman–Crippen MR) is 116 cm³/mol. The minimum Gasteiger partial charge on any atom is -0.379 e. The minimum absolute atomic E-state index is 0.106. The molecule has 1 fully saturated rings. The molecule has 0 spiro atoms. The van der Waals surface area contributed by atoms with E-state index in [1.165, 1.54) is 10.5 Å². The molecule has 1 N–H and O–H groups in total. The topological polar surface area (TPSA) is 93.5 Å². The maximum atomic E-state index is 12.8. The third-order valence-electron chi connectivity index (χ3n) is 5.12. The highest BCUT2D eigenvalue weighted by molar-refractivity contribution is 7.88. The monoisotopic (exact) mass is 440 g/mol. The number of ether oxygens (including phenoxy) is 1. The fraction of sp³-hybridized carbons (Fsp3) is 0.273. The lowest BCUT2D eigenvalue weighted by Gasteiger charge is -2.26. The standard InChI is InChI=1S/C22H24N4O4S/c27-22(20-15-24-26(16-20)21-8-2-1-3-9-21)23-14-18-6-4-5-7-19(18)17-31(28,29)25-10-12-30-13-11-25/h1-9,15-16H,10-14,17H2,(H,23,27). The van der Waals surface area contributed by atoms with Crippen LogP contribution in [0.3, 0.4) is 0 Å². The number of aromatic nitrogens is 2. The molecule has 0 atom stereocenters. The van der Waals surface area contributed by atoms with Crippen LogP contribution in [-0.4, -0.2) is 54.7 Å². The van der Waals surface area contributed by atoms with Crippen LogP contribution in [0.5, 0.6) is 0 Å². The highest BCUT2D eigenvalue weighted by Gasteiger charge is 2.25. The molecule has 0 saturated carbocycles. The molecule has 0 bridgehead atoms. The summed E-state index contributed by atoms with van der Waals surface area (Å²) in [7, 11) is -3.45. The maximum absolute atomic E-state index is 12.8. The number of para-hydroxylation sites is 1. The molecule has 1 aliphatic heterocycles. The van der Waals surface area contributed by atoms with Crippen LogP contribution in [0.25, 0.3) is 5.69 Å². The molecule has 162 valence electrons. The lowest BCUT2D eigenvalue weighted by Crippen LogP contribution is -2.41. The summed E-state index contributed by atoms with van der Waals surface area (Å²) >= 11 is 0. The van der Waals surface area contributed by atoms with Gasteiger partial charge in [-0.2, -0.15) is 9.40 Å². The molecular formula is C22H24N4O4S. The van der Waals surface area contributed by atoms with Gasteiger partial charge in [-0.3, -0.25) is 4.79 Å². The van der Waals surface area contributed by atoms with Crippen molar-refractivity contribution in [2.45, 2.75) is 12.3 Å². The Morgan fingerprint density at radius 3 is 2.42 bits per heavy atom. The van der Waals surface area contributed by atoms with Crippen LogP contribution in [-0.2, 0) is 27.1 Å². The number of hydrogen-bond acceptors (Lipinski definition) is 5. The molecule has 1 amide bonds. The molecule has 1 aromatic heterocycles. The number of carbonyl (C=O) groups excluding carboxylic acids is 1. The zero-order valence-corrected chi connectivity index (χ0v) is 17.8. The molecule has 0 aliphatic carbocycles. The molecule has 0 unspecified atom stereocenters. The van der Waals surface area contributed by atoms with Gasteiger partial charge < -0.3 is 10.1 Å². The molecule has 2 heterocycles. The molecule has 4 rings (SSSR count). The number of benzene rings is 2. The number of morpholine rings is 1. The van der Waals surface area contributed by atoms with Crippen LogP contribution in [0.15, 0.2) is 67.0 Å². The van der Waals surface area contributed by atoms with Crippen LogP contribution in [0.4, 0.5) is 0 Å². The first-order valence-electron chi connectivity index (χ1n) is 10.0. The second kappa shape index (κ2) is 9.42. The lowest BCUT2D eigenvalue weighted by molar-refractivity contribution is 0.0729. The van der Waals surface area contributed by atoms with Crippen molar-refractivity contribution in [1.29, 1.82) is 0 Å². The van der Waals surface area contributed by atoms with E-state index in [2.05, 4.69) is 10.4 Å². The SMILES string of the molecule is O=C(NCc1ccccc1CS(=O)(=O)N1CCOCC1)c1cnn(-c2ccccc2)c1. The number of hydrogen-bond donors (Lipinski definition) is 1. The van der Waals surface area contributed by atoms with E-state index < -0.39 is 10.0 Å². The molecule has 8 nitrogen and oxygen atoms in total. The number of nitrogens with one attached hydrogen (secondary N) is 1. The summed E-state index contributed by atoms with van der Waals surface area (Å²) < 4.78 is 33.9. The Bertz CT molecular complexity index is 1140. The first-order chi connectivity index (χ1) is 15.0. The number of amides is 1. The van der Waals surface area contributed by atoms with Crippen LogP contribution in [0.2, 0.25) is 0 Å². The van der Waals surface area contributed by atoms with Gasteiger partial charge in [0, 0.05) is 25.8 Å². The fourth-order valence-corrected chi connectivity index (χ4v) is 4.99. The van der Waals surface area contributed by atoms with Gasteiger partial charge in [-0.25, -0.2) is 13.1 Å². The van der Waals surface area contributed by atoms with Crippen LogP contribution in [0, 0.1) is 0 Å². The van der Waals surface area contributed by atoms with Gasteiger partial charge in [0.05, 0.1) is 36.4 Å². The van der Waals surface area contributed by atoms with E-state index in [4.69, 9.17) is 4.74 Å². The van der Waals surface area contributed by atoms with Crippen LogP contribution >= 0.6 is 0 Å². The van der Waals surface area contributed by atoms with Gasteiger partial charge in [0.1, 0.15) is 0 Å². The smallest absolute Gasteiger partial charge is 0.254 e. The maximum Gasteiger partial charge on any atom is 0.254 e. The van der Waals surface area contributed by atoms with E-state index in [0.717, 1.165) is 11.3 Å². The first kappa shape index (κ1) is 21.2. The Kier molecular flexibility index (Phi) is 6.45. The van der Waals surface area contributed by atoms with E-state index in [9.17, 15) is 13.2 Å². The molecule has 1 saturated heterocycles. The van der Waals surface area contributed by atoms with Gasteiger partial charge in [0.15, 0.2) is 0 Å². The highest BCUT2D eigenvalue weighted by Crippen LogP contribution is 2.17. The van der Waals surface area contributed by atoms with Gasteiger partial charge in [0.2, 0.25) is 10.0 Å². The lowest BCUT2D eigenvalue weighted by atomic mass is 10.1. The third-order valence-corrected chi connectivity index (χ3v) is 6.95. The summed E-state index contributed by atoms with van der Waals surface area (Å²) in [5.74, 6) is -0.377. The Labute approximate surface area is 181 Å². The van der Waals surface area contributed by atoms with Crippen molar-refractivity contribution in [2.24, 2.45) is 0 Å². The highest BCUT2D eigenvalue weighted by atomic mass is 32.2. The number of rotatable bonds is 7. The van der Waals surface area contributed by atoms with Crippen LogP contribution in [0.1, 0.15) is 21.5 Å². The fourth-order valence-electron chi connectivity index (χ4n) is 3.42. The van der Waals surface area contributed by atoms with E-state index in [1.807, 2.05) is 42.5 Å². The second-order valence-electron chi connectivity index (χ2n) is 7.23. The van der Waals surface area contributed by atoms with Crippen molar-refractivity contribution in [2.75, 3.05) is 26.3 Å². The largest absolute Gasteiger partial charge is 0.379 e. The summed E-state index contributed by atoms with van der Waals surface area (Å²) in [5.41, 5.74) is 2.74. The van der Waals surface area contributed by atoms with E-state index in [0.29, 0.717) is 37.4 Å². The molecule has 0 radical (unpaired) electrons. The van der Waals surface area contributed by atoms with Gasteiger partial charge in [-0.15, -0.1) is 0 Å². The molecule has 9 heteroatoms. The van der Waals surface area contributed by atoms with Gasteiger partial charge in [-0.05, 0) is 23.3 Å². The zero-order chi connectivity index (χ0) is 21.7. The summed E-state index contributed by atoms with van der Waals surface area (Å²) in [4.78, 5) is 12.6. The third kappa shape index (κ3) is 5.19. The van der Waals surface area contributed by atoms with E-state index in [1.54, 1.807) is 23.0 Å². The second-order valence-corrected chi connectivity index (χ2v) is 9.20. The van der Waals surface area contributed by atoms with Crippen molar-refractivity contribution in [1.82, 2.24) is 19.4 Å². The van der Waals surface area contributed by atoms with Crippen molar-refractivity contribution in [3.8, 4) is 5.69 Å². The number of carbonyl (C=O) groups is 1. The minimum atomic E-state index is -3.45. The first-order valence-corrected chi connectivity index (χ1v) is 11.6. The van der Waals surface area contributed by atoms with Gasteiger partial charge in [0.25, 0.3) is 5.91 Å². The molecule has 31 heavy (non-hydrogen) atoms. The van der Waals surface area contributed by atoms with Crippen molar-refractivity contribution in [3.05, 3.63) is 83.7 Å². The number of nitrogens with zero attached hydrogens (tertiary/aromatic N) is 3.